The molecule has 0 aliphatic heterocycles. The van der Waals surface area contributed by atoms with Gasteiger partial charge in [-0.05, 0) is 37.5 Å². The third-order valence-electron chi connectivity index (χ3n) is 2.55. The molecule has 2 rings (SSSR count). The fourth-order valence-electron chi connectivity index (χ4n) is 1.42. The highest BCUT2D eigenvalue weighted by molar-refractivity contribution is 6.33. The van der Waals surface area contributed by atoms with Crippen LogP contribution in [0, 0.1) is 12.8 Å². The summed E-state index contributed by atoms with van der Waals surface area (Å²) in [7, 11) is 0. The van der Waals surface area contributed by atoms with Gasteiger partial charge in [-0.15, -0.1) is 0 Å². The summed E-state index contributed by atoms with van der Waals surface area (Å²) in [5.74, 6) is 0.277. The van der Waals surface area contributed by atoms with E-state index in [1.807, 2.05) is 6.92 Å². The normalized spacial score (nSPS) is 15.1. The molecule has 0 bridgehead atoms. The van der Waals surface area contributed by atoms with Gasteiger partial charge in [0.1, 0.15) is 0 Å². The van der Waals surface area contributed by atoms with Gasteiger partial charge in [0.25, 0.3) is 0 Å². The minimum absolute atomic E-state index is 0.0824. The van der Waals surface area contributed by atoms with E-state index in [4.69, 9.17) is 17.3 Å². The molecule has 1 aromatic rings. The van der Waals surface area contributed by atoms with Crippen molar-refractivity contribution in [3.63, 3.8) is 0 Å². The fourth-order valence-corrected chi connectivity index (χ4v) is 1.58. The maximum atomic E-state index is 11.5. The van der Waals surface area contributed by atoms with Crippen molar-refractivity contribution >= 4 is 28.9 Å². The lowest BCUT2D eigenvalue weighted by molar-refractivity contribution is -0.117. The maximum absolute atomic E-state index is 11.5. The first-order valence-corrected chi connectivity index (χ1v) is 5.32. The number of carbonyl (C=O) groups is 1. The summed E-state index contributed by atoms with van der Waals surface area (Å²) in [6.45, 7) is 1.90. The molecule has 1 aliphatic carbocycles. The molecule has 4 heteroatoms. The van der Waals surface area contributed by atoms with Gasteiger partial charge in [-0.2, -0.15) is 0 Å². The van der Waals surface area contributed by atoms with Gasteiger partial charge < -0.3 is 11.1 Å². The van der Waals surface area contributed by atoms with Gasteiger partial charge in [0.05, 0.1) is 10.7 Å². The molecular formula is C11H13ClN2O. The maximum Gasteiger partial charge on any atom is 0.227 e. The molecule has 1 fully saturated rings. The van der Waals surface area contributed by atoms with Gasteiger partial charge in [0.2, 0.25) is 5.91 Å². The van der Waals surface area contributed by atoms with Crippen molar-refractivity contribution < 1.29 is 4.79 Å². The summed E-state index contributed by atoms with van der Waals surface area (Å²) in [4.78, 5) is 11.5. The summed E-state index contributed by atoms with van der Waals surface area (Å²) < 4.78 is 0. The number of anilines is 2. The Kier molecular flexibility index (Phi) is 2.57. The van der Waals surface area contributed by atoms with Crippen molar-refractivity contribution in [3.8, 4) is 0 Å². The number of benzene rings is 1. The van der Waals surface area contributed by atoms with E-state index in [0.717, 1.165) is 24.1 Å². The standard InChI is InChI=1S/C11H13ClN2O/c1-6-4-9(13)8(12)5-10(6)14-11(15)7-2-3-7/h4-5,7H,2-3,13H2,1H3,(H,14,15). The number of carbonyl (C=O) groups excluding carboxylic acids is 1. The third kappa shape index (κ3) is 2.23. The molecule has 0 heterocycles. The molecular weight excluding hydrogens is 212 g/mol. The minimum Gasteiger partial charge on any atom is -0.398 e. The molecule has 3 nitrogen and oxygen atoms in total. The third-order valence-corrected chi connectivity index (χ3v) is 2.88. The summed E-state index contributed by atoms with van der Waals surface area (Å²) >= 11 is 5.89. The molecule has 3 N–H and O–H groups in total. The Bertz CT molecular complexity index is 413. The summed E-state index contributed by atoms with van der Waals surface area (Å²) in [5, 5.41) is 3.34. The molecule has 0 saturated heterocycles. The lowest BCUT2D eigenvalue weighted by atomic mass is 10.1. The van der Waals surface area contributed by atoms with Crippen LogP contribution in [-0.2, 0) is 4.79 Å². The van der Waals surface area contributed by atoms with Crippen LogP contribution in [0.5, 0.6) is 0 Å². The highest BCUT2D eigenvalue weighted by atomic mass is 35.5. The molecule has 1 saturated carbocycles. The predicted octanol–water partition coefficient (Wildman–Crippen LogP) is 2.58. The van der Waals surface area contributed by atoms with E-state index in [0.29, 0.717) is 10.7 Å². The zero-order valence-electron chi connectivity index (χ0n) is 8.51. The molecule has 15 heavy (non-hydrogen) atoms. The van der Waals surface area contributed by atoms with Gasteiger partial charge in [-0.25, -0.2) is 0 Å². The summed E-state index contributed by atoms with van der Waals surface area (Å²) in [6, 6.07) is 3.47. The van der Waals surface area contributed by atoms with Crippen LogP contribution in [-0.4, -0.2) is 5.91 Å². The summed E-state index contributed by atoms with van der Waals surface area (Å²) in [6.07, 6.45) is 1.99. The number of hydrogen-bond acceptors (Lipinski definition) is 2. The first-order valence-electron chi connectivity index (χ1n) is 4.94. The van der Waals surface area contributed by atoms with Crippen molar-refractivity contribution in [2.75, 3.05) is 11.1 Å². The highest BCUT2D eigenvalue weighted by Gasteiger charge is 2.29. The van der Waals surface area contributed by atoms with E-state index in [2.05, 4.69) is 5.32 Å². The number of halogens is 1. The van der Waals surface area contributed by atoms with Gasteiger partial charge in [-0.3, -0.25) is 4.79 Å². The molecule has 0 spiro atoms. The van der Waals surface area contributed by atoms with Gasteiger partial charge in [0.15, 0.2) is 0 Å². The molecule has 80 valence electrons. The van der Waals surface area contributed by atoms with Crippen molar-refractivity contribution in [2.45, 2.75) is 19.8 Å². The van der Waals surface area contributed by atoms with Gasteiger partial charge >= 0.3 is 0 Å². The first kappa shape index (κ1) is 10.3. The van der Waals surface area contributed by atoms with Crippen LogP contribution in [0.3, 0.4) is 0 Å². The SMILES string of the molecule is Cc1cc(N)c(Cl)cc1NC(=O)C1CC1. The number of nitrogens with two attached hydrogens (primary N) is 1. The van der Waals surface area contributed by atoms with Crippen LogP contribution in [0.1, 0.15) is 18.4 Å². The molecule has 1 amide bonds. The van der Waals surface area contributed by atoms with Crippen LogP contribution < -0.4 is 11.1 Å². The number of amides is 1. The van der Waals surface area contributed by atoms with Crippen LogP contribution in [0.2, 0.25) is 5.02 Å². The molecule has 1 aliphatic rings. The molecule has 0 unspecified atom stereocenters. The van der Waals surface area contributed by atoms with Crippen molar-refractivity contribution in [1.82, 2.24) is 0 Å². The van der Waals surface area contributed by atoms with E-state index in [1.165, 1.54) is 0 Å². The molecule has 1 aromatic carbocycles. The second-order valence-corrected chi connectivity index (χ2v) is 4.36. The van der Waals surface area contributed by atoms with E-state index in [9.17, 15) is 4.79 Å². The quantitative estimate of drug-likeness (QED) is 0.759. The lowest BCUT2D eigenvalue weighted by Crippen LogP contribution is -2.14. The topological polar surface area (TPSA) is 55.1 Å². The Morgan fingerprint density at radius 1 is 1.53 bits per heavy atom. The lowest BCUT2D eigenvalue weighted by Gasteiger charge is -2.09. The average Bonchev–Trinajstić information content (AvgIpc) is 2.97. The van der Waals surface area contributed by atoms with Crippen LogP contribution >= 0.6 is 11.6 Å². The van der Waals surface area contributed by atoms with Gasteiger partial charge in [-0.1, -0.05) is 11.6 Å². The van der Waals surface area contributed by atoms with E-state index in [-0.39, 0.29) is 11.8 Å². The largest absolute Gasteiger partial charge is 0.398 e. The second-order valence-electron chi connectivity index (χ2n) is 3.95. The highest BCUT2D eigenvalue weighted by Crippen LogP contribution is 2.32. The number of rotatable bonds is 2. The zero-order valence-corrected chi connectivity index (χ0v) is 9.27. The number of nitrogen functional groups attached to an aromatic ring is 1. The Morgan fingerprint density at radius 2 is 2.20 bits per heavy atom. The van der Waals surface area contributed by atoms with Crippen molar-refractivity contribution in [3.05, 3.63) is 22.7 Å². The number of aryl methyl sites for hydroxylation is 1. The van der Waals surface area contributed by atoms with Crippen LogP contribution in [0.15, 0.2) is 12.1 Å². The Hall–Kier alpha value is -1.22. The molecule has 0 atom stereocenters. The van der Waals surface area contributed by atoms with E-state index in [1.54, 1.807) is 12.1 Å². The molecule has 0 radical (unpaired) electrons. The van der Waals surface area contributed by atoms with Crippen LogP contribution in [0.25, 0.3) is 0 Å². The Labute approximate surface area is 93.6 Å². The number of nitrogens with one attached hydrogen (secondary N) is 1. The monoisotopic (exact) mass is 224 g/mol. The van der Waals surface area contributed by atoms with Crippen molar-refractivity contribution in [1.29, 1.82) is 0 Å². The average molecular weight is 225 g/mol. The van der Waals surface area contributed by atoms with Crippen molar-refractivity contribution in [2.24, 2.45) is 5.92 Å². The smallest absolute Gasteiger partial charge is 0.227 e. The summed E-state index contributed by atoms with van der Waals surface area (Å²) in [5.41, 5.74) is 7.88. The van der Waals surface area contributed by atoms with Crippen LogP contribution in [0.4, 0.5) is 11.4 Å². The number of hydrogen-bond donors (Lipinski definition) is 2. The minimum atomic E-state index is 0.0824. The molecule has 0 aromatic heterocycles. The van der Waals surface area contributed by atoms with Gasteiger partial charge in [0, 0.05) is 11.6 Å². The zero-order chi connectivity index (χ0) is 11.0. The second kappa shape index (κ2) is 3.74. The van der Waals surface area contributed by atoms with E-state index < -0.39 is 0 Å². The predicted molar refractivity (Wildman–Crippen MR) is 62.0 cm³/mol. The first-order chi connectivity index (χ1) is 7.08. The Balaban J connectivity index is 2.20. The van der Waals surface area contributed by atoms with E-state index >= 15 is 0 Å². The fraction of sp³-hybridized carbons (Fsp3) is 0.364. The Morgan fingerprint density at radius 3 is 2.80 bits per heavy atom.